The topological polar surface area (TPSA) is 99.8 Å². The lowest BCUT2D eigenvalue weighted by Gasteiger charge is -2.07. The molecule has 2 aromatic heterocycles. The van der Waals surface area contributed by atoms with E-state index in [0.717, 1.165) is 27.5 Å². The number of aromatic amines is 2. The van der Waals surface area contributed by atoms with Crippen molar-refractivity contribution in [2.75, 3.05) is 6.54 Å². The molecule has 1 amide bonds. The van der Waals surface area contributed by atoms with Crippen LogP contribution in [0.2, 0.25) is 5.02 Å². The minimum Gasteiger partial charge on any atom is -0.361 e. The normalized spacial score (nSPS) is 11.2. The molecule has 2 heterocycles. The van der Waals surface area contributed by atoms with Gasteiger partial charge in [-0.3, -0.25) is 14.2 Å². The number of hydrogen-bond donors (Lipinski definition) is 3. The van der Waals surface area contributed by atoms with Gasteiger partial charge in [0.2, 0.25) is 5.91 Å². The van der Waals surface area contributed by atoms with Gasteiger partial charge in [0.15, 0.2) is 0 Å². The first-order chi connectivity index (χ1) is 14.5. The number of carbonyl (C=O) groups excluding carboxylic acids is 1. The Morgan fingerprint density at radius 1 is 1.07 bits per heavy atom. The number of H-pyrrole nitrogens is 2. The molecule has 0 radical (unpaired) electrons. The zero-order valence-corrected chi connectivity index (χ0v) is 17.0. The summed E-state index contributed by atoms with van der Waals surface area (Å²) in [4.78, 5) is 42.8. The van der Waals surface area contributed by atoms with E-state index < -0.39 is 5.69 Å². The van der Waals surface area contributed by atoms with E-state index in [1.165, 1.54) is 0 Å². The van der Waals surface area contributed by atoms with E-state index in [1.54, 1.807) is 18.2 Å². The molecule has 0 aliphatic rings. The van der Waals surface area contributed by atoms with Crippen molar-refractivity contribution in [2.45, 2.75) is 25.8 Å². The third kappa shape index (κ3) is 4.16. The van der Waals surface area contributed by atoms with Crippen LogP contribution < -0.4 is 16.6 Å². The van der Waals surface area contributed by atoms with Crippen molar-refractivity contribution in [3.05, 3.63) is 80.1 Å². The highest BCUT2D eigenvalue weighted by atomic mass is 35.5. The zero-order chi connectivity index (χ0) is 21.1. The molecule has 0 saturated heterocycles. The summed E-state index contributed by atoms with van der Waals surface area (Å²) in [5, 5.41) is 4.89. The van der Waals surface area contributed by atoms with Crippen LogP contribution in [0.4, 0.5) is 0 Å². The third-order valence-electron chi connectivity index (χ3n) is 5.12. The van der Waals surface area contributed by atoms with Gasteiger partial charge in [-0.05, 0) is 42.7 Å². The summed E-state index contributed by atoms with van der Waals surface area (Å²) in [6.45, 7) is 0.695. The van der Waals surface area contributed by atoms with Gasteiger partial charge in [0.25, 0.3) is 5.56 Å². The molecule has 0 bridgehead atoms. The van der Waals surface area contributed by atoms with Gasteiger partial charge in [-0.15, -0.1) is 0 Å². The molecule has 0 saturated carbocycles. The van der Waals surface area contributed by atoms with Crippen LogP contribution in [0.25, 0.3) is 21.8 Å². The number of halogens is 1. The first-order valence-corrected chi connectivity index (χ1v) is 10.1. The standard InChI is InChI=1S/C22H21ClN4O3/c23-15-7-8-17-19(12-15)26-22(30)27(21(17)29)11-3-6-20(28)24-10-9-14-13-25-18-5-2-1-4-16(14)18/h1-2,4-5,7-8,12-13,25H,3,6,9-11H2,(H,24,28)(H,26,30). The summed E-state index contributed by atoms with van der Waals surface area (Å²) < 4.78 is 1.12. The lowest BCUT2D eigenvalue weighted by molar-refractivity contribution is -0.121. The van der Waals surface area contributed by atoms with Crippen LogP contribution >= 0.6 is 11.6 Å². The average Bonchev–Trinajstić information content (AvgIpc) is 3.13. The number of fused-ring (bicyclic) bond motifs is 2. The summed E-state index contributed by atoms with van der Waals surface area (Å²) >= 11 is 5.91. The van der Waals surface area contributed by atoms with Crippen molar-refractivity contribution < 1.29 is 4.79 Å². The minimum absolute atomic E-state index is 0.105. The monoisotopic (exact) mass is 424 g/mol. The van der Waals surface area contributed by atoms with Crippen molar-refractivity contribution >= 4 is 39.3 Å². The Balaban J connectivity index is 1.31. The summed E-state index contributed by atoms with van der Waals surface area (Å²) in [7, 11) is 0. The van der Waals surface area contributed by atoms with Gasteiger partial charge in [-0.2, -0.15) is 0 Å². The Morgan fingerprint density at radius 2 is 1.90 bits per heavy atom. The summed E-state index contributed by atoms with van der Waals surface area (Å²) in [6, 6.07) is 12.8. The maximum Gasteiger partial charge on any atom is 0.328 e. The predicted molar refractivity (Wildman–Crippen MR) is 118 cm³/mol. The van der Waals surface area contributed by atoms with Crippen LogP contribution in [0, 0.1) is 0 Å². The predicted octanol–water partition coefficient (Wildman–Crippen LogP) is 2.96. The average molecular weight is 425 g/mol. The van der Waals surface area contributed by atoms with Crippen molar-refractivity contribution in [3.63, 3.8) is 0 Å². The number of benzene rings is 2. The first kappa shape index (κ1) is 20.0. The number of para-hydroxylation sites is 1. The molecule has 7 nitrogen and oxygen atoms in total. The number of hydrogen-bond acceptors (Lipinski definition) is 3. The SMILES string of the molecule is O=C(CCCn1c(=O)[nH]c2cc(Cl)ccc2c1=O)NCCc1c[nH]c2ccccc12. The Morgan fingerprint density at radius 3 is 2.77 bits per heavy atom. The van der Waals surface area contributed by atoms with E-state index >= 15 is 0 Å². The molecular weight excluding hydrogens is 404 g/mol. The van der Waals surface area contributed by atoms with Crippen molar-refractivity contribution in [3.8, 4) is 0 Å². The van der Waals surface area contributed by atoms with E-state index in [4.69, 9.17) is 11.6 Å². The second-order valence-corrected chi connectivity index (χ2v) is 7.58. The molecule has 2 aromatic carbocycles. The van der Waals surface area contributed by atoms with Gasteiger partial charge in [-0.1, -0.05) is 29.8 Å². The quantitative estimate of drug-likeness (QED) is 0.425. The van der Waals surface area contributed by atoms with E-state index in [-0.39, 0.29) is 24.4 Å². The van der Waals surface area contributed by atoms with Gasteiger partial charge in [0, 0.05) is 41.6 Å². The van der Waals surface area contributed by atoms with Crippen LogP contribution in [0.3, 0.4) is 0 Å². The lowest BCUT2D eigenvalue weighted by Crippen LogP contribution is -2.35. The van der Waals surface area contributed by atoms with Crippen LogP contribution in [-0.2, 0) is 17.8 Å². The molecule has 0 fully saturated rings. The summed E-state index contributed by atoms with van der Waals surface area (Å²) in [5.74, 6) is -0.105. The molecule has 3 N–H and O–H groups in total. The molecule has 0 aliphatic heterocycles. The molecule has 0 unspecified atom stereocenters. The van der Waals surface area contributed by atoms with Gasteiger partial charge < -0.3 is 15.3 Å². The molecule has 4 rings (SSSR count). The maximum atomic E-state index is 12.5. The highest BCUT2D eigenvalue weighted by Gasteiger charge is 2.09. The van der Waals surface area contributed by atoms with Crippen LogP contribution in [0.5, 0.6) is 0 Å². The van der Waals surface area contributed by atoms with Crippen molar-refractivity contribution in [2.24, 2.45) is 0 Å². The van der Waals surface area contributed by atoms with Crippen molar-refractivity contribution in [1.82, 2.24) is 19.9 Å². The number of amides is 1. The highest BCUT2D eigenvalue weighted by Crippen LogP contribution is 2.17. The van der Waals surface area contributed by atoms with E-state index in [2.05, 4.69) is 21.4 Å². The Hall–Kier alpha value is -3.32. The minimum atomic E-state index is -0.505. The maximum absolute atomic E-state index is 12.5. The molecule has 4 aromatic rings. The Bertz CT molecular complexity index is 1340. The largest absolute Gasteiger partial charge is 0.361 e. The fraction of sp³-hybridized carbons (Fsp3) is 0.227. The van der Waals surface area contributed by atoms with Crippen LogP contribution in [0.1, 0.15) is 18.4 Å². The van der Waals surface area contributed by atoms with E-state index in [9.17, 15) is 14.4 Å². The van der Waals surface area contributed by atoms with Crippen LogP contribution in [-0.4, -0.2) is 27.0 Å². The first-order valence-electron chi connectivity index (χ1n) is 9.77. The molecule has 0 atom stereocenters. The molecule has 154 valence electrons. The van der Waals surface area contributed by atoms with E-state index in [1.807, 2.05) is 24.4 Å². The van der Waals surface area contributed by atoms with Crippen molar-refractivity contribution in [1.29, 1.82) is 0 Å². The molecule has 30 heavy (non-hydrogen) atoms. The molecule has 0 spiro atoms. The number of rotatable bonds is 7. The second kappa shape index (κ2) is 8.59. The molecule has 8 heteroatoms. The fourth-order valence-electron chi connectivity index (χ4n) is 3.59. The third-order valence-corrected chi connectivity index (χ3v) is 5.36. The summed E-state index contributed by atoms with van der Waals surface area (Å²) in [6.07, 6.45) is 3.31. The number of nitrogens with one attached hydrogen (secondary N) is 3. The number of aromatic nitrogens is 3. The summed E-state index contributed by atoms with van der Waals surface area (Å²) in [5.41, 5.74) is 1.75. The highest BCUT2D eigenvalue weighted by molar-refractivity contribution is 6.31. The lowest BCUT2D eigenvalue weighted by atomic mass is 10.1. The van der Waals surface area contributed by atoms with Crippen LogP contribution in [0.15, 0.2) is 58.3 Å². The molecular formula is C22H21ClN4O3. The van der Waals surface area contributed by atoms with Gasteiger partial charge in [0.1, 0.15) is 0 Å². The van der Waals surface area contributed by atoms with E-state index in [0.29, 0.717) is 28.9 Å². The molecule has 0 aliphatic carbocycles. The number of carbonyl (C=O) groups is 1. The number of nitrogens with zero attached hydrogens (tertiary/aromatic N) is 1. The van der Waals surface area contributed by atoms with Gasteiger partial charge in [-0.25, -0.2) is 4.79 Å². The second-order valence-electron chi connectivity index (χ2n) is 7.14. The zero-order valence-electron chi connectivity index (χ0n) is 16.2. The smallest absolute Gasteiger partial charge is 0.328 e. The Labute approximate surface area is 176 Å². The van der Waals surface area contributed by atoms with Gasteiger partial charge in [0.05, 0.1) is 10.9 Å². The Kier molecular flexibility index (Phi) is 5.72. The van der Waals surface area contributed by atoms with Gasteiger partial charge >= 0.3 is 5.69 Å². The fourth-order valence-corrected chi connectivity index (χ4v) is 3.76.